The molecule has 1 aliphatic rings. The Morgan fingerprint density at radius 2 is 2.03 bits per heavy atom. The number of ketones is 1. The molecule has 3 aromatic rings. The molecule has 7 heteroatoms. The zero-order valence-electron chi connectivity index (χ0n) is 16.5. The molecule has 0 spiro atoms. The molecule has 4 rings (SSSR count). The van der Waals surface area contributed by atoms with E-state index in [0.717, 1.165) is 0 Å². The Hall–Kier alpha value is -3.25. The molecule has 0 fully saturated rings. The van der Waals surface area contributed by atoms with Crippen molar-refractivity contribution < 1.29 is 23.8 Å². The molecule has 1 aliphatic heterocycles. The minimum Gasteiger partial charge on any atom is -0.503 e. The van der Waals surface area contributed by atoms with E-state index in [9.17, 15) is 14.7 Å². The maximum absolute atomic E-state index is 13.4. The molecular formula is C23H20ClNO5. The summed E-state index contributed by atoms with van der Waals surface area (Å²) in [6.07, 6.45) is 0.671. The smallest absolute Gasteiger partial charge is 0.290 e. The van der Waals surface area contributed by atoms with Crippen LogP contribution >= 0.6 is 11.6 Å². The van der Waals surface area contributed by atoms with Crippen LogP contribution in [0.2, 0.25) is 5.02 Å². The fraction of sp³-hybridized carbons (Fsp3) is 0.217. The van der Waals surface area contributed by atoms with Gasteiger partial charge in [-0.25, -0.2) is 0 Å². The molecule has 1 atom stereocenters. The summed E-state index contributed by atoms with van der Waals surface area (Å²) in [6.45, 7) is 2.31. The van der Waals surface area contributed by atoms with E-state index in [2.05, 4.69) is 0 Å². The predicted molar refractivity (Wildman–Crippen MR) is 113 cm³/mol. The van der Waals surface area contributed by atoms with Crippen molar-refractivity contribution in [1.29, 1.82) is 0 Å². The second kappa shape index (κ2) is 7.88. The van der Waals surface area contributed by atoms with Crippen LogP contribution in [0.15, 0.2) is 64.3 Å². The van der Waals surface area contributed by atoms with Gasteiger partial charge in [0.15, 0.2) is 11.5 Å². The Morgan fingerprint density at radius 3 is 2.77 bits per heavy atom. The Labute approximate surface area is 178 Å². The first kappa shape index (κ1) is 20.0. The van der Waals surface area contributed by atoms with Gasteiger partial charge in [0, 0.05) is 17.0 Å². The maximum Gasteiger partial charge on any atom is 0.290 e. The number of carbonyl (C=O) groups excluding carboxylic acids is 2. The van der Waals surface area contributed by atoms with Gasteiger partial charge in [0.2, 0.25) is 5.78 Å². The van der Waals surface area contributed by atoms with Crippen LogP contribution in [0, 0.1) is 0 Å². The number of methoxy groups -OCH3 is 1. The largest absolute Gasteiger partial charge is 0.503 e. The molecule has 1 N–H and O–H groups in total. The van der Waals surface area contributed by atoms with Crippen LogP contribution in [0.4, 0.5) is 0 Å². The molecule has 1 amide bonds. The molecule has 2 aromatic carbocycles. The summed E-state index contributed by atoms with van der Waals surface area (Å²) >= 11 is 6.02. The van der Waals surface area contributed by atoms with Gasteiger partial charge in [-0.05, 0) is 48.4 Å². The van der Waals surface area contributed by atoms with Crippen LogP contribution < -0.4 is 4.74 Å². The standard InChI is InChI=1S/C23H20ClNO5/c1-3-9-25-20(13-5-4-6-16(11-13)29-2)19(22(27)23(25)28)21(26)18-12-14-10-15(24)7-8-17(14)30-18/h4-8,10-12,20,27H,3,9H2,1-2H3. The van der Waals surface area contributed by atoms with Gasteiger partial charge >= 0.3 is 0 Å². The number of hydrogen-bond donors (Lipinski definition) is 1. The molecule has 6 nitrogen and oxygen atoms in total. The van der Waals surface area contributed by atoms with Crippen LogP contribution in [-0.2, 0) is 4.79 Å². The molecule has 1 aromatic heterocycles. The van der Waals surface area contributed by atoms with Crippen LogP contribution in [0.1, 0.15) is 35.5 Å². The van der Waals surface area contributed by atoms with Crippen LogP contribution in [-0.4, -0.2) is 35.4 Å². The van der Waals surface area contributed by atoms with Gasteiger partial charge in [-0.1, -0.05) is 30.7 Å². The van der Waals surface area contributed by atoms with Crippen molar-refractivity contribution in [2.45, 2.75) is 19.4 Å². The fourth-order valence-electron chi connectivity index (χ4n) is 3.77. The van der Waals surface area contributed by atoms with E-state index < -0.39 is 23.5 Å². The van der Waals surface area contributed by atoms with E-state index in [1.54, 1.807) is 55.6 Å². The van der Waals surface area contributed by atoms with Gasteiger partial charge < -0.3 is 19.2 Å². The fourth-order valence-corrected chi connectivity index (χ4v) is 3.95. The lowest BCUT2D eigenvalue weighted by Crippen LogP contribution is -2.31. The first-order chi connectivity index (χ1) is 14.4. The quantitative estimate of drug-likeness (QED) is 0.557. The summed E-state index contributed by atoms with van der Waals surface area (Å²) in [5.41, 5.74) is 1.16. The first-order valence-corrected chi connectivity index (χ1v) is 9.94. The van der Waals surface area contributed by atoms with Gasteiger partial charge in [0.05, 0.1) is 18.7 Å². The zero-order chi connectivity index (χ0) is 21.4. The maximum atomic E-state index is 13.4. The number of hydrogen-bond acceptors (Lipinski definition) is 5. The summed E-state index contributed by atoms with van der Waals surface area (Å²) in [5, 5.41) is 11.8. The third-order valence-electron chi connectivity index (χ3n) is 5.12. The Balaban J connectivity index is 1.82. The average Bonchev–Trinajstić information content (AvgIpc) is 3.27. The lowest BCUT2D eigenvalue weighted by Gasteiger charge is -2.26. The van der Waals surface area contributed by atoms with Crippen molar-refractivity contribution in [3.8, 4) is 5.75 Å². The topological polar surface area (TPSA) is 80.0 Å². The minimum atomic E-state index is -0.739. The Kier molecular flexibility index (Phi) is 5.26. The summed E-state index contributed by atoms with van der Waals surface area (Å²) in [4.78, 5) is 27.7. The lowest BCUT2D eigenvalue weighted by molar-refractivity contribution is -0.129. The second-order valence-corrected chi connectivity index (χ2v) is 7.50. The number of rotatable bonds is 6. The van der Waals surface area contributed by atoms with Crippen molar-refractivity contribution >= 4 is 34.3 Å². The van der Waals surface area contributed by atoms with Crippen LogP contribution in [0.25, 0.3) is 11.0 Å². The highest BCUT2D eigenvalue weighted by Crippen LogP contribution is 2.40. The van der Waals surface area contributed by atoms with Crippen molar-refractivity contribution in [2.24, 2.45) is 0 Å². The number of halogens is 1. The Morgan fingerprint density at radius 1 is 1.23 bits per heavy atom. The number of benzene rings is 2. The van der Waals surface area contributed by atoms with Crippen molar-refractivity contribution in [3.63, 3.8) is 0 Å². The highest BCUT2D eigenvalue weighted by Gasteiger charge is 2.44. The molecule has 0 aliphatic carbocycles. The van der Waals surface area contributed by atoms with Gasteiger partial charge in [0.1, 0.15) is 11.3 Å². The lowest BCUT2D eigenvalue weighted by atomic mass is 9.94. The number of Topliss-reactive ketones (excluding diaryl/α,β-unsaturated/α-hetero) is 1. The number of furan rings is 1. The summed E-state index contributed by atoms with van der Waals surface area (Å²) in [5.74, 6) is -1.05. The van der Waals surface area contributed by atoms with E-state index in [1.807, 2.05) is 6.92 Å². The summed E-state index contributed by atoms with van der Waals surface area (Å²) in [7, 11) is 1.54. The molecule has 154 valence electrons. The highest BCUT2D eigenvalue weighted by molar-refractivity contribution is 6.31. The van der Waals surface area contributed by atoms with Gasteiger partial charge in [-0.3, -0.25) is 9.59 Å². The number of aliphatic hydroxyl groups excluding tert-OH is 1. The molecular weight excluding hydrogens is 406 g/mol. The van der Waals surface area contributed by atoms with E-state index >= 15 is 0 Å². The highest BCUT2D eigenvalue weighted by atomic mass is 35.5. The van der Waals surface area contributed by atoms with Crippen molar-refractivity contribution in [2.75, 3.05) is 13.7 Å². The number of ether oxygens (including phenoxy) is 1. The van der Waals surface area contributed by atoms with Crippen molar-refractivity contribution in [3.05, 3.63) is 76.2 Å². The number of amides is 1. The monoisotopic (exact) mass is 425 g/mol. The first-order valence-electron chi connectivity index (χ1n) is 9.56. The van der Waals surface area contributed by atoms with Crippen LogP contribution in [0.3, 0.4) is 0 Å². The zero-order valence-corrected chi connectivity index (χ0v) is 17.3. The average molecular weight is 426 g/mol. The SMILES string of the molecule is CCCN1C(=O)C(O)=C(C(=O)c2cc3cc(Cl)ccc3o2)C1c1cccc(OC)c1. The third kappa shape index (κ3) is 3.33. The predicted octanol–water partition coefficient (Wildman–Crippen LogP) is 5.08. The molecule has 0 saturated heterocycles. The van der Waals surface area contributed by atoms with Crippen LogP contribution in [0.5, 0.6) is 5.75 Å². The van der Waals surface area contributed by atoms with Gasteiger partial charge in [0.25, 0.3) is 5.91 Å². The molecule has 1 unspecified atom stereocenters. The molecule has 0 bridgehead atoms. The number of carbonyl (C=O) groups is 2. The van der Waals surface area contributed by atoms with Gasteiger partial charge in [-0.2, -0.15) is 0 Å². The normalized spacial score (nSPS) is 16.6. The van der Waals surface area contributed by atoms with E-state index in [1.165, 1.54) is 4.90 Å². The minimum absolute atomic E-state index is 0.00754. The molecule has 2 heterocycles. The summed E-state index contributed by atoms with van der Waals surface area (Å²) in [6, 6.07) is 13.0. The summed E-state index contributed by atoms with van der Waals surface area (Å²) < 4.78 is 11.0. The van der Waals surface area contributed by atoms with Crippen molar-refractivity contribution in [1.82, 2.24) is 4.90 Å². The van der Waals surface area contributed by atoms with E-state index in [0.29, 0.717) is 40.3 Å². The molecule has 0 radical (unpaired) electrons. The molecule has 30 heavy (non-hydrogen) atoms. The second-order valence-electron chi connectivity index (χ2n) is 7.06. The van der Waals surface area contributed by atoms with E-state index in [-0.39, 0.29) is 11.3 Å². The number of fused-ring (bicyclic) bond motifs is 1. The molecule has 0 saturated carbocycles. The third-order valence-corrected chi connectivity index (χ3v) is 5.36. The van der Waals surface area contributed by atoms with E-state index in [4.69, 9.17) is 20.8 Å². The Bertz CT molecular complexity index is 1180. The number of aliphatic hydroxyl groups is 1. The van der Waals surface area contributed by atoms with Gasteiger partial charge in [-0.15, -0.1) is 0 Å². The number of nitrogens with zero attached hydrogens (tertiary/aromatic N) is 1.